The Morgan fingerprint density at radius 3 is 2.56 bits per heavy atom. The molecule has 1 aromatic carbocycles. The molecule has 0 amide bonds. The van der Waals surface area contributed by atoms with E-state index in [2.05, 4.69) is 5.10 Å². The van der Waals surface area contributed by atoms with Gasteiger partial charge in [0.25, 0.3) is 0 Å². The topological polar surface area (TPSA) is 43.8 Å². The summed E-state index contributed by atoms with van der Waals surface area (Å²) in [7, 11) is 0. The molecule has 0 fully saturated rings. The highest BCUT2D eigenvalue weighted by atomic mass is 19.4. The molecule has 0 aliphatic rings. The molecule has 1 aromatic heterocycles. The summed E-state index contributed by atoms with van der Waals surface area (Å²) in [6, 6.07) is 5.80. The number of halogens is 3. The van der Waals surface area contributed by atoms with Gasteiger partial charge in [-0.3, -0.25) is 4.68 Å². The van der Waals surface area contributed by atoms with E-state index in [1.54, 1.807) is 25.3 Å². The fourth-order valence-corrected chi connectivity index (χ4v) is 1.73. The van der Waals surface area contributed by atoms with Crippen LogP contribution in [0.2, 0.25) is 0 Å². The van der Waals surface area contributed by atoms with Crippen molar-refractivity contribution in [3.8, 4) is 0 Å². The van der Waals surface area contributed by atoms with Crippen LogP contribution in [0.25, 0.3) is 0 Å². The third-order valence-electron chi connectivity index (χ3n) is 2.56. The Morgan fingerprint density at radius 2 is 2.00 bits per heavy atom. The lowest BCUT2D eigenvalue weighted by Gasteiger charge is -2.13. The first kappa shape index (κ1) is 12.5. The summed E-state index contributed by atoms with van der Waals surface area (Å²) in [5, 5.41) is 3.88. The van der Waals surface area contributed by atoms with Gasteiger partial charge in [0.1, 0.15) is 5.82 Å². The summed E-state index contributed by atoms with van der Waals surface area (Å²) in [4.78, 5) is 0. The monoisotopic (exact) mass is 255 g/mol. The lowest BCUT2D eigenvalue weighted by atomic mass is 10.0. The Bertz CT molecular complexity index is 558. The summed E-state index contributed by atoms with van der Waals surface area (Å²) >= 11 is 0. The fourth-order valence-electron chi connectivity index (χ4n) is 1.73. The Hall–Kier alpha value is -1.98. The number of nitrogens with two attached hydrogens (primary N) is 1. The number of hydrogen-bond acceptors (Lipinski definition) is 2. The second-order valence-corrected chi connectivity index (χ2v) is 4.10. The molecular formula is C12H12F3N3. The van der Waals surface area contributed by atoms with Crippen LogP contribution in [-0.4, -0.2) is 9.78 Å². The molecule has 0 saturated heterocycles. The van der Waals surface area contributed by atoms with Crippen molar-refractivity contribution >= 4 is 5.82 Å². The van der Waals surface area contributed by atoms with Gasteiger partial charge in [-0.2, -0.15) is 18.3 Å². The van der Waals surface area contributed by atoms with Crippen LogP contribution in [0.15, 0.2) is 30.5 Å². The van der Waals surface area contributed by atoms with Crippen LogP contribution >= 0.6 is 0 Å². The van der Waals surface area contributed by atoms with Gasteiger partial charge in [-0.15, -0.1) is 0 Å². The quantitative estimate of drug-likeness (QED) is 0.896. The molecule has 0 atom stereocenters. The first-order valence-electron chi connectivity index (χ1n) is 5.32. The van der Waals surface area contributed by atoms with E-state index in [1.807, 2.05) is 0 Å². The van der Waals surface area contributed by atoms with E-state index >= 15 is 0 Å². The fraction of sp³-hybridized carbons (Fsp3) is 0.250. The highest BCUT2D eigenvalue weighted by molar-refractivity contribution is 5.34. The van der Waals surface area contributed by atoms with Crippen molar-refractivity contribution in [2.45, 2.75) is 19.6 Å². The lowest BCUT2D eigenvalue weighted by molar-refractivity contribution is -0.138. The van der Waals surface area contributed by atoms with E-state index < -0.39 is 11.7 Å². The number of nitrogen functional groups attached to an aromatic ring is 1. The van der Waals surface area contributed by atoms with E-state index in [0.717, 1.165) is 6.07 Å². The molecule has 0 saturated carbocycles. The van der Waals surface area contributed by atoms with Gasteiger partial charge in [0.05, 0.1) is 12.1 Å². The summed E-state index contributed by atoms with van der Waals surface area (Å²) in [6.07, 6.45) is -2.81. The van der Waals surface area contributed by atoms with E-state index in [-0.39, 0.29) is 17.9 Å². The van der Waals surface area contributed by atoms with Crippen molar-refractivity contribution in [2.24, 2.45) is 0 Å². The molecule has 2 rings (SSSR count). The van der Waals surface area contributed by atoms with Gasteiger partial charge in [0.15, 0.2) is 0 Å². The Kier molecular flexibility index (Phi) is 3.02. The Labute approximate surface area is 102 Å². The van der Waals surface area contributed by atoms with Crippen molar-refractivity contribution in [1.29, 1.82) is 0 Å². The standard InChI is InChI=1S/C12H12F3N3/c1-8-2-3-9(10(6-8)12(13,14)15)7-18-5-4-11(16)17-18/h2-6H,7H2,1H3,(H2,16,17). The van der Waals surface area contributed by atoms with Gasteiger partial charge in [0.2, 0.25) is 0 Å². The summed E-state index contributed by atoms with van der Waals surface area (Å²) in [5.41, 5.74) is 5.55. The minimum Gasteiger partial charge on any atom is -0.382 e. The van der Waals surface area contributed by atoms with Crippen LogP contribution in [0.3, 0.4) is 0 Å². The highest BCUT2D eigenvalue weighted by Crippen LogP contribution is 2.33. The number of anilines is 1. The second kappa shape index (κ2) is 4.36. The molecule has 0 aliphatic heterocycles. The van der Waals surface area contributed by atoms with E-state index in [9.17, 15) is 13.2 Å². The Balaban J connectivity index is 2.38. The van der Waals surface area contributed by atoms with Crippen molar-refractivity contribution in [3.05, 3.63) is 47.2 Å². The highest BCUT2D eigenvalue weighted by Gasteiger charge is 2.33. The smallest absolute Gasteiger partial charge is 0.382 e. The van der Waals surface area contributed by atoms with Gasteiger partial charge < -0.3 is 5.73 Å². The third-order valence-corrected chi connectivity index (χ3v) is 2.56. The molecule has 2 aromatic rings. The van der Waals surface area contributed by atoms with Crippen LogP contribution in [0.4, 0.5) is 19.0 Å². The van der Waals surface area contributed by atoms with Crippen molar-refractivity contribution in [1.82, 2.24) is 9.78 Å². The van der Waals surface area contributed by atoms with E-state index in [0.29, 0.717) is 5.56 Å². The van der Waals surface area contributed by atoms with Crippen molar-refractivity contribution in [3.63, 3.8) is 0 Å². The molecule has 18 heavy (non-hydrogen) atoms. The van der Waals surface area contributed by atoms with Crippen LogP contribution < -0.4 is 5.73 Å². The predicted octanol–water partition coefficient (Wildman–Crippen LogP) is 2.84. The number of alkyl halides is 3. The van der Waals surface area contributed by atoms with Gasteiger partial charge >= 0.3 is 6.18 Å². The van der Waals surface area contributed by atoms with Crippen LogP contribution in [-0.2, 0) is 12.7 Å². The maximum absolute atomic E-state index is 12.9. The first-order valence-corrected chi connectivity index (χ1v) is 5.32. The maximum Gasteiger partial charge on any atom is 0.416 e. The molecule has 0 bridgehead atoms. The molecule has 1 heterocycles. The van der Waals surface area contributed by atoms with Gasteiger partial charge in [-0.05, 0) is 24.6 Å². The number of benzene rings is 1. The van der Waals surface area contributed by atoms with Gasteiger partial charge in [-0.25, -0.2) is 0 Å². The summed E-state index contributed by atoms with van der Waals surface area (Å²) in [5.74, 6) is 0.288. The predicted molar refractivity (Wildman–Crippen MR) is 61.9 cm³/mol. The largest absolute Gasteiger partial charge is 0.416 e. The van der Waals surface area contributed by atoms with Crippen LogP contribution in [0.1, 0.15) is 16.7 Å². The molecule has 0 aliphatic carbocycles. The number of nitrogens with zero attached hydrogens (tertiary/aromatic N) is 2. The number of aryl methyl sites for hydroxylation is 1. The zero-order chi connectivity index (χ0) is 13.3. The average molecular weight is 255 g/mol. The summed E-state index contributed by atoms with van der Waals surface area (Å²) < 4.78 is 40.0. The van der Waals surface area contributed by atoms with Crippen molar-refractivity contribution < 1.29 is 13.2 Å². The van der Waals surface area contributed by atoms with E-state index in [1.165, 1.54) is 10.7 Å². The molecule has 96 valence electrons. The zero-order valence-corrected chi connectivity index (χ0v) is 9.70. The molecule has 2 N–H and O–H groups in total. The van der Waals surface area contributed by atoms with Crippen LogP contribution in [0.5, 0.6) is 0 Å². The first-order chi connectivity index (χ1) is 8.36. The third kappa shape index (κ3) is 2.64. The summed E-state index contributed by atoms with van der Waals surface area (Å²) in [6.45, 7) is 1.68. The van der Waals surface area contributed by atoms with Crippen molar-refractivity contribution in [2.75, 3.05) is 5.73 Å². The minimum atomic E-state index is -4.36. The number of aromatic nitrogens is 2. The molecular weight excluding hydrogens is 243 g/mol. The molecule has 0 radical (unpaired) electrons. The SMILES string of the molecule is Cc1ccc(Cn2ccc(N)n2)c(C(F)(F)F)c1. The number of rotatable bonds is 2. The average Bonchev–Trinajstić information content (AvgIpc) is 2.65. The van der Waals surface area contributed by atoms with Gasteiger partial charge in [0, 0.05) is 6.20 Å². The second-order valence-electron chi connectivity index (χ2n) is 4.10. The zero-order valence-electron chi connectivity index (χ0n) is 9.70. The van der Waals surface area contributed by atoms with Gasteiger partial charge in [-0.1, -0.05) is 17.7 Å². The molecule has 0 spiro atoms. The molecule has 0 unspecified atom stereocenters. The lowest BCUT2D eigenvalue weighted by Crippen LogP contribution is -2.12. The normalized spacial score (nSPS) is 11.8. The Morgan fingerprint density at radius 1 is 1.28 bits per heavy atom. The maximum atomic E-state index is 12.9. The van der Waals surface area contributed by atoms with E-state index in [4.69, 9.17) is 5.73 Å². The molecule has 6 heteroatoms. The van der Waals surface area contributed by atoms with Crippen LogP contribution in [0, 0.1) is 6.92 Å². The minimum absolute atomic E-state index is 0.0479. The molecule has 3 nitrogen and oxygen atoms in total. The number of hydrogen-bond donors (Lipinski definition) is 1.